The van der Waals surface area contributed by atoms with Gasteiger partial charge in [0.1, 0.15) is 11.3 Å². The summed E-state index contributed by atoms with van der Waals surface area (Å²) in [6, 6.07) is 6.32. The molecular formula is C12H11NO3. The van der Waals surface area contributed by atoms with Gasteiger partial charge in [-0.3, -0.25) is 0 Å². The van der Waals surface area contributed by atoms with Gasteiger partial charge in [-0.1, -0.05) is 13.0 Å². The Hall–Kier alpha value is -2.10. The van der Waals surface area contributed by atoms with Gasteiger partial charge in [0, 0.05) is 11.1 Å². The third-order valence-corrected chi connectivity index (χ3v) is 2.44. The highest BCUT2D eigenvalue weighted by atomic mass is 16.4. The number of aromatic carboxylic acids is 1. The van der Waals surface area contributed by atoms with Crippen molar-refractivity contribution in [2.24, 2.45) is 0 Å². The zero-order chi connectivity index (χ0) is 11.7. The van der Waals surface area contributed by atoms with Crippen molar-refractivity contribution in [3.05, 3.63) is 35.5 Å². The van der Waals surface area contributed by atoms with Gasteiger partial charge in [-0.25, -0.2) is 9.78 Å². The highest BCUT2D eigenvalue weighted by Crippen LogP contribution is 2.25. The number of phenols is 1. The largest absolute Gasteiger partial charge is 0.506 e. The molecule has 0 unspecified atom stereocenters. The van der Waals surface area contributed by atoms with Crippen LogP contribution in [0, 0.1) is 0 Å². The highest BCUT2D eigenvalue weighted by molar-refractivity contribution is 5.95. The van der Waals surface area contributed by atoms with Crippen LogP contribution in [0.5, 0.6) is 5.75 Å². The van der Waals surface area contributed by atoms with E-state index in [1.807, 2.05) is 13.0 Å². The maximum Gasteiger partial charge on any atom is 0.335 e. The van der Waals surface area contributed by atoms with Crippen LogP contribution in [0.4, 0.5) is 0 Å². The molecule has 2 rings (SSSR count). The van der Waals surface area contributed by atoms with Crippen molar-refractivity contribution in [1.82, 2.24) is 4.98 Å². The van der Waals surface area contributed by atoms with Crippen LogP contribution in [-0.4, -0.2) is 21.2 Å². The number of carbonyl (C=O) groups is 1. The number of hydrogen-bond donors (Lipinski definition) is 2. The van der Waals surface area contributed by atoms with E-state index in [0.29, 0.717) is 10.9 Å². The molecule has 0 saturated carbocycles. The Morgan fingerprint density at radius 3 is 2.75 bits per heavy atom. The van der Waals surface area contributed by atoms with E-state index in [1.54, 1.807) is 6.07 Å². The van der Waals surface area contributed by atoms with Gasteiger partial charge < -0.3 is 10.2 Å². The standard InChI is InChI=1S/C12H11NO3/c1-2-9-4-3-7-5-8(12(15)16)6-10(14)11(7)13-9/h3-6,14H,2H2,1H3,(H,15,16). The van der Waals surface area contributed by atoms with Crippen molar-refractivity contribution in [1.29, 1.82) is 0 Å². The van der Waals surface area contributed by atoms with E-state index in [-0.39, 0.29) is 11.3 Å². The van der Waals surface area contributed by atoms with Crippen LogP contribution in [0.1, 0.15) is 23.0 Å². The zero-order valence-electron chi connectivity index (χ0n) is 8.77. The first kappa shape index (κ1) is 10.4. The number of carboxylic acids is 1. The number of nitrogens with zero attached hydrogens (tertiary/aromatic N) is 1. The number of benzene rings is 1. The second kappa shape index (κ2) is 3.81. The van der Waals surface area contributed by atoms with E-state index in [0.717, 1.165) is 12.1 Å². The summed E-state index contributed by atoms with van der Waals surface area (Å²) in [6.45, 7) is 1.97. The molecule has 0 radical (unpaired) electrons. The Morgan fingerprint density at radius 1 is 1.38 bits per heavy atom. The summed E-state index contributed by atoms with van der Waals surface area (Å²) in [5, 5.41) is 19.2. The van der Waals surface area contributed by atoms with E-state index >= 15 is 0 Å². The average molecular weight is 217 g/mol. The molecule has 0 spiro atoms. The molecule has 2 N–H and O–H groups in total. The number of phenolic OH excluding ortho intramolecular Hbond substituents is 1. The molecular weight excluding hydrogens is 206 g/mol. The minimum Gasteiger partial charge on any atom is -0.506 e. The van der Waals surface area contributed by atoms with Crippen molar-refractivity contribution in [2.75, 3.05) is 0 Å². The molecule has 4 nitrogen and oxygen atoms in total. The van der Waals surface area contributed by atoms with Gasteiger partial charge in [0.25, 0.3) is 0 Å². The average Bonchev–Trinajstić information content (AvgIpc) is 2.28. The van der Waals surface area contributed by atoms with Crippen molar-refractivity contribution >= 4 is 16.9 Å². The number of pyridine rings is 1. The number of carboxylic acid groups (broad SMARTS) is 1. The molecule has 4 heteroatoms. The molecule has 1 aromatic heterocycles. The summed E-state index contributed by atoms with van der Waals surface area (Å²) in [6.07, 6.45) is 0.774. The summed E-state index contributed by atoms with van der Waals surface area (Å²) >= 11 is 0. The topological polar surface area (TPSA) is 70.4 Å². The maximum atomic E-state index is 10.8. The zero-order valence-corrected chi connectivity index (χ0v) is 8.77. The molecule has 2 aromatic rings. The van der Waals surface area contributed by atoms with Gasteiger partial charge in [0.05, 0.1) is 5.56 Å². The van der Waals surface area contributed by atoms with Gasteiger partial charge in [0.2, 0.25) is 0 Å². The predicted molar refractivity (Wildman–Crippen MR) is 59.7 cm³/mol. The molecule has 0 aliphatic heterocycles. The highest BCUT2D eigenvalue weighted by Gasteiger charge is 2.09. The SMILES string of the molecule is CCc1ccc2cc(C(=O)O)cc(O)c2n1. The number of aromatic nitrogens is 1. The molecule has 0 fully saturated rings. The minimum absolute atomic E-state index is 0.0658. The van der Waals surface area contributed by atoms with E-state index in [9.17, 15) is 9.90 Å². The number of rotatable bonds is 2. The van der Waals surface area contributed by atoms with Gasteiger partial charge in [-0.2, -0.15) is 0 Å². The van der Waals surface area contributed by atoms with Crippen molar-refractivity contribution in [2.45, 2.75) is 13.3 Å². The molecule has 1 heterocycles. The normalized spacial score (nSPS) is 10.6. The third-order valence-electron chi connectivity index (χ3n) is 2.44. The maximum absolute atomic E-state index is 10.8. The second-order valence-electron chi connectivity index (χ2n) is 3.53. The Balaban J connectivity index is 2.71. The summed E-state index contributed by atoms with van der Waals surface area (Å²) in [7, 11) is 0. The number of aryl methyl sites for hydroxylation is 1. The predicted octanol–water partition coefficient (Wildman–Crippen LogP) is 2.20. The number of hydrogen-bond acceptors (Lipinski definition) is 3. The smallest absolute Gasteiger partial charge is 0.335 e. The Morgan fingerprint density at radius 2 is 2.12 bits per heavy atom. The molecule has 0 bridgehead atoms. The minimum atomic E-state index is -1.06. The van der Waals surface area contributed by atoms with E-state index in [1.165, 1.54) is 12.1 Å². The lowest BCUT2D eigenvalue weighted by Crippen LogP contribution is -1.97. The lowest BCUT2D eigenvalue weighted by atomic mass is 10.1. The molecule has 0 aliphatic carbocycles. The first-order valence-corrected chi connectivity index (χ1v) is 4.97. The molecule has 0 aliphatic rings. The molecule has 1 aromatic carbocycles. The summed E-state index contributed by atoms with van der Waals surface area (Å²) in [4.78, 5) is 15.0. The van der Waals surface area contributed by atoms with E-state index in [2.05, 4.69) is 4.98 Å². The number of aromatic hydroxyl groups is 1. The van der Waals surface area contributed by atoms with Crippen LogP contribution >= 0.6 is 0 Å². The van der Waals surface area contributed by atoms with E-state index < -0.39 is 5.97 Å². The fraction of sp³-hybridized carbons (Fsp3) is 0.167. The molecule has 0 saturated heterocycles. The second-order valence-corrected chi connectivity index (χ2v) is 3.53. The summed E-state index contributed by atoms with van der Waals surface area (Å²) in [5.41, 5.74) is 1.38. The van der Waals surface area contributed by atoms with Crippen LogP contribution in [0.2, 0.25) is 0 Å². The van der Waals surface area contributed by atoms with Crippen LogP contribution < -0.4 is 0 Å². The van der Waals surface area contributed by atoms with Crippen LogP contribution in [0.15, 0.2) is 24.3 Å². The van der Waals surface area contributed by atoms with E-state index in [4.69, 9.17) is 5.11 Å². The van der Waals surface area contributed by atoms with Gasteiger partial charge in [-0.05, 0) is 24.6 Å². The molecule has 0 atom stereocenters. The van der Waals surface area contributed by atoms with Crippen molar-refractivity contribution in [3.8, 4) is 5.75 Å². The number of fused-ring (bicyclic) bond motifs is 1. The Labute approximate surface area is 92.2 Å². The van der Waals surface area contributed by atoms with Gasteiger partial charge in [-0.15, -0.1) is 0 Å². The van der Waals surface area contributed by atoms with Crippen molar-refractivity contribution in [3.63, 3.8) is 0 Å². The molecule has 82 valence electrons. The fourth-order valence-electron chi connectivity index (χ4n) is 1.58. The summed E-state index contributed by atoms with van der Waals surface area (Å²) in [5.74, 6) is -1.15. The lowest BCUT2D eigenvalue weighted by Gasteiger charge is -2.04. The van der Waals surface area contributed by atoms with Gasteiger partial charge >= 0.3 is 5.97 Å². The van der Waals surface area contributed by atoms with Crippen molar-refractivity contribution < 1.29 is 15.0 Å². The first-order chi connectivity index (χ1) is 7.61. The lowest BCUT2D eigenvalue weighted by molar-refractivity contribution is 0.0696. The monoisotopic (exact) mass is 217 g/mol. The fourth-order valence-corrected chi connectivity index (χ4v) is 1.58. The molecule has 16 heavy (non-hydrogen) atoms. The van der Waals surface area contributed by atoms with Gasteiger partial charge in [0.15, 0.2) is 0 Å². The van der Waals surface area contributed by atoms with Crippen LogP contribution in [-0.2, 0) is 6.42 Å². The Bertz CT molecular complexity index is 563. The Kier molecular flexibility index (Phi) is 2.48. The first-order valence-electron chi connectivity index (χ1n) is 4.97. The quantitative estimate of drug-likeness (QED) is 0.809. The van der Waals surface area contributed by atoms with Crippen LogP contribution in [0.25, 0.3) is 10.9 Å². The molecule has 0 amide bonds. The third kappa shape index (κ3) is 1.69. The summed E-state index contributed by atoms with van der Waals surface area (Å²) < 4.78 is 0. The van der Waals surface area contributed by atoms with Crippen LogP contribution in [0.3, 0.4) is 0 Å².